The Bertz CT molecular complexity index is 2080. The molecule has 24 N–H and O–H groups in total. The SMILES string of the molecule is C[C@H](NC(=O)[C@@H](NC(=O)[C@@H](N)CCCCCN)[C@@H](O)CN)C(=O)NCC(=O)N=C(CCCN)C(=O)N1CCC[C@H]1C(=O)N[C@@H](Cc1cnc[nH]1)C(=O)N[C@@H](CCCCN)C(=O)N/C(=C\CCN=C(N)N)C(N)=O. The fourth-order valence-electron chi connectivity index (χ4n) is 7.32. The van der Waals surface area contributed by atoms with Crippen LogP contribution in [0.15, 0.2) is 34.3 Å². The lowest BCUT2D eigenvalue weighted by molar-refractivity contribution is -0.136. The van der Waals surface area contributed by atoms with Crippen LogP contribution in [0.4, 0.5) is 0 Å². The Labute approximate surface area is 423 Å². The summed E-state index contributed by atoms with van der Waals surface area (Å²) in [4.78, 5) is 136. The quantitative estimate of drug-likeness (QED) is 0.0132. The zero-order valence-corrected chi connectivity index (χ0v) is 41.4. The molecule has 7 atom stereocenters. The average Bonchev–Trinajstić information content (AvgIpc) is 4.08. The molecule has 0 aromatic carbocycles. The summed E-state index contributed by atoms with van der Waals surface area (Å²) in [7, 11) is 0. The molecule has 0 bridgehead atoms. The Hall–Kier alpha value is -6.92. The number of carbonyl (C=O) groups is 9. The molecule has 2 heterocycles. The molecule has 1 fully saturated rings. The number of aliphatic imine (C=N–C) groups is 2. The van der Waals surface area contributed by atoms with Gasteiger partial charge in [-0.25, -0.2) is 9.98 Å². The maximum atomic E-state index is 14.1. The van der Waals surface area contributed by atoms with Gasteiger partial charge in [0.05, 0.1) is 25.0 Å². The van der Waals surface area contributed by atoms with E-state index in [2.05, 4.69) is 51.9 Å². The van der Waals surface area contributed by atoms with Crippen molar-refractivity contribution < 1.29 is 48.3 Å². The van der Waals surface area contributed by atoms with Crippen molar-refractivity contribution in [2.75, 3.05) is 45.8 Å². The maximum Gasteiger partial charge on any atom is 0.269 e. The molecule has 2 rings (SSSR count). The predicted molar refractivity (Wildman–Crippen MR) is 268 cm³/mol. The molecule has 1 aromatic rings. The second-order valence-corrected chi connectivity index (χ2v) is 17.2. The second kappa shape index (κ2) is 33.7. The number of hydrogen-bond acceptors (Lipinski definition) is 17. The predicted octanol–water partition coefficient (Wildman–Crippen LogP) is -6.83. The van der Waals surface area contributed by atoms with Crippen LogP contribution >= 0.6 is 0 Å². The first-order valence-corrected chi connectivity index (χ1v) is 24.3. The number of nitrogens with one attached hydrogen (secondary N) is 7. The smallest absolute Gasteiger partial charge is 0.269 e. The third-order valence-corrected chi connectivity index (χ3v) is 11.4. The van der Waals surface area contributed by atoms with Crippen LogP contribution in [-0.2, 0) is 49.6 Å². The number of unbranched alkanes of at least 4 members (excludes halogenated alkanes) is 3. The number of imidazole rings is 1. The number of guanidine groups is 1. The number of aromatic nitrogens is 2. The number of aliphatic hydroxyl groups is 1. The summed E-state index contributed by atoms with van der Waals surface area (Å²) in [5.41, 5.74) is 44.6. The Morgan fingerprint density at radius 2 is 1.52 bits per heavy atom. The number of aromatic amines is 1. The molecule has 0 radical (unpaired) electrons. The monoisotopic (exact) mass is 1030 g/mol. The first-order chi connectivity index (χ1) is 34.8. The summed E-state index contributed by atoms with van der Waals surface area (Å²) in [5, 5.41) is 25.3. The minimum Gasteiger partial charge on any atom is -0.389 e. The van der Waals surface area contributed by atoms with Gasteiger partial charge in [0.25, 0.3) is 17.7 Å². The van der Waals surface area contributed by atoms with E-state index in [1.807, 2.05) is 0 Å². The fraction of sp³-hybridized carbons (Fsp3) is 0.636. The third kappa shape index (κ3) is 22.6. The molecule has 0 spiro atoms. The van der Waals surface area contributed by atoms with E-state index < -0.39 is 109 Å². The molecule has 1 aliphatic heterocycles. The molecular formula is C44H77N19O10. The lowest BCUT2D eigenvalue weighted by atomic mass is 10.1. The number of primary amides is 1. The van der Waals surface area contributed by atoms with Gasteiger partial charge >= 0.3 is 0 Å². The minimum absolute atomic E-state index is 0.0736. The standard InChI is InChI=1S/C44H77N19O10/c1-25(57-42(72)35(33(64)21-48)62-38(68)27(49)10-3-2-5-15-45)37(67)55-23-34(65)58-30(12-7-17-47)43(73)63-19-9-14-32(63)41(71)61-31(20-26-22-53-24-56-26)40(70)60-29(11-4-6-16-46)39(69)59-28(36(50)66)13-8-18-54-44(51)52/h13,22,24-25,27,29,31-33,35,64H,2-12,14-21,23,45-49H2,1H3,(H2,50,66)(H,53,56)(H,55,67)(H,57,72)(H,59,69)(H,60,70)(H,61,71)(H,62,68)(H4,51,52,54)/b28-13-,58-30?/t25-,27-,29-,31-,32-,33-,35-/m0/s1. The molecular weight excluding hydrogens is 955 g/mol. The average molecular weight is 1030 g/mol. The lowest BCUT2D eigenvalue weighted by Gasteiger charge is -2.27. The van der Waals surface area contributed by atoms with Gasteiger partial charge in [-0.15, -0.1) is 0 Å². The van der Waals surface area contributed by atoms with Crippen molar-refractivity contribution in [3.63, 3.8) is 0 Å². The summed E-state index contributed by atoms with van der Waals surface area (Å²) in [6.07, 6.45) is 6.62. The highest BCUT2D eigenvalue weighted by atomic mass is 16.3. The van der Waals surface area contributed by atoms with Gasteiger partial charge in [-0.1, -0.05) is 18.9 Å². The highest BCUT2D eigenvalue weighted by molar-refractivity contribution is 6.40. The summed E-state index contributed by atoms with van der Waals surface area (Å²) in [6, 6.07) is -7.56. The summed E-state index contributed by atoms with van der Waals surface area (Å²) < 4.78 is 0. The van der Waals surface area contributed by atoms with Crippen molar-refractivity contribution in [2.24, 2.45) is 55.9 Å². The van der Waals surface area contributed by atoms with Crippen molar-refractivity contribution in [1.82, 2.24) is 46.8 Å². The highest BCUT2D eigenvalue weighted by Gasteiger charge is 2.38. The van der Waals surface area contributed by atoms with Crippen LogP contribution in [0.5, 0.6) is 0 Å². The van der Waals surface area contributed by atoms with Gasteiger partial charge in [0, 0.05) is 37.9 Å². The van der Waals surface area contributed by atoms with E-state index in [9.17, 15) is 48.3 Å². The summed E-state index contributed by atoms with van der Waals surface area (Å²) in [5.74, 6) is -7.68. The molecule has 408 valence electrons. The molecule has 1 aliphatic rings. The number of nitrogens with two attached hydrogens (primary N) is 8. The van der Waals surface area contributed by atoms with Gasteiger partial charge in [0.2, 0.25) is 35.4 Å². The van der Waals surface area contributed by atoms with E-state index in [0.29, 0.717) is 50.9 Å². The first-order valence-electron chi connectivity index (χ1n) is 24.3. The van der Waals surface area contributed by atoms with E-state index in [1.54, 1.807) is 0 Å². The van der Waals surface area contributed by atoms with Crippen LogP contribution < -0.4 is 77.8 Å². The molecule has 9 amide bonds. The number of amides is 9. The van der Waals surface area contributed by atoms with E-state index in [1.165, 1.54) is 30.4 Å². The molecule has 0 aliphatic carbocycles. The highest BCUT2D eigenvalue weighted by Crippen LogP contribution is 2.20. The first kappa shape index (κ1) is 62.2. The van der Waals surface area contributed by atoms with Gasteiger partial charge in [-0.05, 0) is 90.8 Å². The number of hydrogen-bond donors (Lipinski definition) is 16. The number of H-pyrrole nitrogens is 1. The van der Waals surface area contributed by atoms with Gasteiger partial charge < -0.3 is 92.8 Å². The Morgan fingerprint density at radius 1 is 0.836 bits per heavy atom. The van der Waals surface area contributed by atoms with E-state index in [-0.39, 0.29) is 75.5 Å². The topological polar surface area (TPSA) is 511 Å². The molecule has 1 aromatic heterocycles. The van der Waals surface area contributed by atoms with Crippen molar-refractivity contribution >= 4 is 64.8 Å². The minimum atomic E-state index is -1.56. The zero-order chi connectivity index (χ0) is 54.5. The van der Waals surface area contributed by atoms with Crippen LogP contribution in [0, 0.1) is 0 Å². The van der Waals surface area contributed by atoms with Crippen molar-refractivity contribution in [2.45, 2.75) is 133 Å². The van der Waals surface area contributed by atoms with Crippen LogP contribution in [0.3, 0.4) is 0 Å². The van der Waals surface area contributed by atoms with Gasteiger partial charge in [-0.2, -0.15) is 0 Å². The Kier molecular flexibility index (Phi) is 28.7. The maximum absolute atomic E-state index is 14.1. The van der Waals surface area contributed by atoms with Crippen LogP contribution in [0.2, 0.25) is 0 Å². The second-order valence-electron chi connectivity index (χ2n) is 17.2. The molecule has 73 heavy (non-hydrogen) atoms. The number of aliphatic hydroxyl groups excluding tert-OH is 1. The van der Waals surface area contributed by atoms with Crippen molar-refractivity contribution in [1.29, 1.82) is 0 Å². The molecule has 29 nitrogen and oxygen atoms in total. The number of likely N-dealkylation sites (tertiary alicyclic amines) is 1. The lowest BCUT2D eigenvalue weighted by Crippen LogP contribution is -2.60. The number of rotatable bonds is 34. The van der Waals surface area contributed by atoms with E-state index in [0.717, 1.165) is 12.8 Å². The van der Waals surface area contributed by atoms with Crippen LogP contribution in [0.1, 0.15) is 89.7 Å². The molecule has 29 heteroatoms. The molecule has 0 unspecified atom stereocenters. The molecule has 1 saturated heterocycles. The van der Waals surface area contributed by atoms with Gasteiger partial charge in [0.1, 0.15) is 41.6 Å². The number of nitrogens with zero attached hydrogens (tertiary/aromatic N) is 4. The van der Waals surface area contributed by atoms with E-state index in [4.69, 9.17) is 45.9 Å². The summed E-state index contributed by atoms with van der Waals surface area (Å²) in [6.45, 7) is 1.20. The largest absolute Gasteiger partial charge is 0.389 e. The summed E-state index contributed by atoms with van der Waals surface area (Å²) >= 11 is 0. The Balaban J connectivity index is 2.23. The van der Waals surface area contributed by atoms with Crippen LogP contribution in [0.25, 0.3) is 0 Å². The van der Waals surface area contributed by atoms with Crippen molar-refractivity contribution in [3.8, 4) is 0 Å². The fourth-order valence-corrected chi connectivity index (χ4v) is 7.32. The van der Waals surface area contributed by atoms with Crippen molar-refractivity contribution in [3.05, 3.63) is 30.0 Å². The van der Waals surface area contributed by atoms with E-state index >= 15 is 0 Å². The van der Waals surface area contributed by atoms with Gasteiger partial charge in [0.15, 0.2) is 5.96 Å². The van der Waals surface area contributed by atoms with Crippen LogP contribution in [-0.4, -0.2) is 173 Å². The zero-order valence-electron chi connectivity index (χ0n) is 41.4. The normalized spacial score (nSPS) is 16.2. The number of carbonyl (C=O) groups excluding carboxylic acids is 9. The molecule has 0 saturated carbocycles. The Morgan fingerprint density at radius 3 is 2.15 bits per heavy atom. The van der Waals surface area contributed by atoms with Gasteiger partial charge in [-0.3, -0.25) is 48.1 Å². The third-order valence-electron chi connectivity index (χ3n) is 11.4.